The van der Waals surface area contributed by atoms with E-state index in [4.69, 9.17) is 18.9 Å². The first-order valence-corrected chi connectivity index (χ1v) is 7.53. The highest BCUT2D eigenvalue weighted by molar-refractivity contribution is 9.10. The predicted octanol–water partition coefficient (Wildman–Crippen LogP) is 3.44. The van der Waals surface area contributed by atoms with Gasteiger partial charge in [0.05, 0.1) is 0 Å². The lowest BCUT2D eigenvalue weighted by Crippen LogP contribution is -2.14. The molecule has 0 fully saturated rings. The summed E-state index contributed by atoms with van der Waals surface area (Å²) in [5, 5.41) is 0. The smallest absolute Gasteiger partial charge is 0.344 e. The molecule has 0 atom stereocenters. The van der Waals surface area contributed by atoms with Crippen LogP contribution in [-0.4, -0.2) is 19.4 Å². The molecule has 0 aliphatic carbocycles. The van der Waals surface area contributed by atoms with Crippen LogP contribution in [-0.2, 0) is 16.1 Å². The minimum Gasteiger partial charge on any atom is -0.482 e. The van der Waals surface area contributed by atoms with Gasteiger partial charge in [-0.1, -0.05) is 15.9 Å². The number of ether oxygens (including phenoxy) is 4. The molecular weight excluding hydrogens is 371 g/mol. The lowest BCUT2D eigenvalue weighted by atomic mass is 10.2. The Labute approximate surface area is 140 Å². The standard InChI is InChI=1S/C16H12BrFO5/c17-13-6-15-14(22-9-23-15)5-10(13)7-21-16(19)8-20-12-3-1-11(18)2-4-12/h1-6H,7-9H2. The van der Waals surface area contributed by atoms with E-state index in [1.807, 2.05) is 0 Å². The van der Waals surface area contributed by atoms with Crippen LogP contribution in [0.5, 0.6) is 17.2 Å². The summed E-state index contributed by atoms with van der Waals surface area (Å²) in [7, 11) is 0. The van der Waals surface area contributed by atoms with Gasteiger partial charge >= 0.3 is 5.97 Å². The number of esters is 1. The SMILES string of the molecule is O=C(COc1ccc(F)cc1)OCc1cc2c(cc1Br)OCO2. The molecule has 7 heteroatoms. The third-order valence-electron chi connectivity index (χ3n) is 3.10. The molecule has 5 nitrogen and oxygen atoms in total. The zero-order valence-electron chi connectivity index (χ0n) is 11.9. The molecule has 0 saturated carbocycles. The molecule has 1 aliphatic heterocycles. The maximum Gasteiger partial charge on any atom is 0.344 e. The lowest BCUT2D eigenvalue weighted by molar-refractivity contribution is -0.147. The van der Waals surface area contributed by atoms with Crippen molar-refractivity contribution < 1.29 is 28.1 Å². The van der Waals surface area contributed by atoms with Gasteiger partial charge in [-0.15, -0.1) is 0 Å². The highest BCUT2D eigenvalue weighted by Crippen LogP contribution is 2.37. The van der Waals surface area contributed by atoms with E-state index < -0.39 is 5.97 Å². The summed E-state index contributed by atoms with van der Waals surface area (Å²) >= 11 is 3.39. The Bertz CT molecular complexity index is 717. The van der Waals surface area contributed by atoms with E-state index >= 15 is 0 Å². The fourth-order valence-electron chi connectivity index (χ4n) is 1.94. The molecule has 2 aromatic carbocycles. The van der Waals surface area contributed by atoms with E-state index in [2.05, 4.69) is 15.9 Å². The zero-order chi connectivity index (χ0) is 16.2. The third-order valence-corrected chi connectivity index (χ3v) is 3.84. The molecule has 0 saturated heterocycles. The van der Waals surface area contributed by atoms with Crippen molar-refractivity contribution >= 4 is 21.9 Å². The summed E-state index contributed by atoms with van der Waals surface area (Å²) in [4.78, 5) is 11.7. The van der Waals surface area contributed by atoms with E-state index in [0.29, 0.717) is 17.2 Å². The van der Waals surface area contributed by atoms with Gasteiger partial charge in [0.2, 0.25) is 6.79 Å². The molecule has 1 heterocycles. The maximum absolute atomic E-state index is 12.8. The first-order valence-electron chi connectivity index (χ1n) is 6.74. The summed E-state index contributed by atoms with van der Waals surface area (Å²) in [6.07, 6.45) is 0. The zero-order valence-corrected chi connectivity index (χ0v) is 13.5. The lowest BCUT2D eigenvalue weighted by Gasteiger charge is -2.09. The molecule has 0 amide bonds. The van der Waals surface area contributed by atoms with Crippen molar-refractivity contribution in [3.05, 3.63) is 52.3 Å². The molecule has 0 bridgehead atoms. The van der Waals surface area contributed by atoms with E-state index in [9.17, 15) is 9.18 Å². The van der Waals surface area contributed by atoms with E-state index in [0.717, 1.165) is 10.0 Å². The molecule has 3 rings (SSSR count). The van der Waals surface area contributed by atoms with Gasteiger partial charge in [0, 0.05) is 10.0 Å². The van der Waals surface area contributed by atoms with E-state index in [-0.39, 0.29) is 25.8 Å². The maximum atomic E-state index is 12.8. The molecule has 1 aliphatic rings. The van der Waals surface area contributed by atoms with Crippen LogP contribution < -0.4 is 14.2 Å². The number of fused-ring (bicyclic) bond motifs is 1. The van der Waals surface area contributed by atoms with Gasteiger partial charge in [-0.2, -0.15) is 0 Å². The normalized spacial score (nSPS) is 12.1. The van der Waals surface area contributed by atoms with Gasteiger partial charge in [0.25, 0.3) is 0 Å². The van der Waals surface area contributed by atoms with Crippen LogP contribution in [0.3, 0.4) is 0 Å². The molecule has 120 valence electrons. The number of benzene rings is 2. The highest BCUT2D eigenvalue weighted by Gasteiger charge is 2.17. The number of carbonyl (C=O) groups is 1. The summed E-state index contributed by atoms with van der Waals surface area (Å²) < 4.78 is 34.4. The Hall–Kier alpha value is -2.28. The van der Waals surface area contributed by atoms with E-state index in [1.165, 1.54) is 24.3 Å². The second kappa shape index (κ2) is 6.87. The molecule has 0 N–H and O–H groups in total. The molecule has 0 aromatic heterocycles. The Balaban J connectivity index is 1.52. The van der Waals surface area contributed by atoms with Gasteiger partial charge in [-0.05, 0) is 36.4 Å². The van der Waals surface area contributed by atoms with Crippen molar-refractivity contribution in [1.82, 2.24) is 0 Å². The third kappa shape index (κ3) is 3.92. The van der Waals surface area contributed by atoms with Crippen molar-refractivity contribution in [2.75, 3.05) is 13.4 Å². The van der Waals surface area contributed by atoms with Crippen molar-refractivity contribution in [3.63, 3.8) is 0 Å². The van der Waals surface area contributed by atoms with Crippen molar-refractivity contribution in [3.8, 4) is 17.2 Å². The van der Waals surface area contributed by atoms with Gasteiger partial charge in [-0.25, -0.2) is 9.18 Å². The van der Waals surface area contributed by atoms with Crippen LogP contribution >= 0.6 is 15.9 Å². The Morgan fingerprint density at radius 1 is 1.17 bits per heavy atom. The van der Waals surface area contributed by atoms with Crippen LogP contribution in [0.15, 0.2) is 40.9 Å². The quantitative estimate of drug-likeness (QED) is 0.741. The van der Waals surface area contributed by atoms with Crippen LogP contribution in [0.25, 0.3) is 0 Å². The van der Waals surface area contributed by atoms with Gasteiger partial charge in [0.1, 0.15) is 18.2 Å². The van der Waals surface area contributed by atoms with Crippen LogP contribution in [0.2, 0.25) is 0 Å². The second-order valence-corrected chi connectivity index (χ2v) is 5.55. The minimum absolute atomic E-state index is 0.0723. The monoisotopic (exact) mass is 382 g/mol. The Kier molecular flexibility index (Phi) is 4.66. The number of hydrogen-bond acceptors (Lipinski definition) is 5. The van der Waals surface area contributed by atoms with Crippen LogP contribution in [0.4, 0.5) is 4.39 Å². The van der Waals surface area contributed by atoms with E-state index in [1.54, 1.807) is 12.1 Å². The van der Waals surface area contributed by atoms with Gasteiger partial charge < -0.3 is 18.9 Å². The largest absolute Gasteiger partial charge is 0.482 e. The van der Waals surface area contributed by atoms with Crippen molar-refractivity contribution in [2.24, 2.45) is 0 Å². The number of rotatable bonds is 5. The highest BCUT2D eigenvalue weighted by atomic mass is 79.9. The molecular formula is C16H12BrFO5. The fourth-order valence-corrected chi connectivity index (χ4v) is 2.38. The molecule has 0 radical (unpaired) electrons. The molecule has 0 unspecified atom stereocenters. The van der Waals surface area contributed by atoms with Crippen molar-refractivity contribution in [2.45, 2.75) is 6.61 Å². The first-order chi connectivity index (χ1) is 11.1. The van der Waals surface area contributed by atoms with Crippen LogP contribution in [0, 0.1) is 5.82 Å². The summed E-state index contributed by atoms with van der Waals surface area (Å²) in [5.74, 6) is 0.757. The fraction of sp³-hybridized carbons (Fsp3) is 0.188. The summed E-state index contributed by atoms with van der Waals surface area (Å²) in [5.41, 5.74) is 0.754. The first kappa shape index (κ1) is 15.6. The molecule has 0 spiro atoms. The van der Waals surface area contributed by atoms with Gasteiger partial charge in [0.15, 0.2) is 18.1 Å². The summed E-state index contributed by atoms with van der Waals surface area (Å²) in [6.45, 7) is -0.00678. The average Bonchev–Trinajstić information content (AvgIpc) is 2.99. The topological polar surface area (TPSA) is 54.0 Å². The number of halogens is 2. The molecule has 23 heavy (non-hydrogen) atoms. The van der Waals surface area contributed by atoms with Gasteiger partial charge in [-0.3, -0.25) is 0 Å². The number of hydrogen-bond donors (Lipinski definition) is 0. The summed E-state index contributed by atoms with van der Waals surface area (Å²) in [6, 6.07) is 8.91. The predicted molar refractivity (Wildman–Crippen MR) is 82.0 cm³/mol. The minimum atomic E-state index is -0.529. The van der Waals surface area contributed by atoms with Crippen LogP contribution in [0.1, 0.15) is 5.56 Å². The molecule has 2 aromatic rings. The average molecular weight is 383 g/mol. The van der Waals surface area contributed by atoms with Crippen molar-refractivity contribution in [1.29, 1.82) is 0 Å². The number of carbonyl (C=O) groups excluding carboxylic acids is 1. The Morgan fingerprint density at radius 3 is 2.61 bits per heavy atom. The Morgan fingerprint density at radius 2 is 1.87 bits per heavy atom. The second-order valence-electron chi connectivity index (χ2n) is 4.70.